The van der Waals surface area contributed by atoms with Gasteiger partial charge in [0.25, 0.3) is 15.9 Å². The number of furan rings is 1. The van der Waals surface area contributed by atoms with Gasteiger partial charge in [-0.1, -0.05) is 0 Å². The Kier molecular flexibility index (Phi) is 4.79. The van der Waals surface area contributed by atoms with Crippen LogP contribution in [0.1, 0.15) is 29.8 Å². The van der Waals surface area contributed by atoms with Crippen molar-refractivity contribution in [2.24, 2.45) is 0 Å². The lowest BCUT2D eigenvalue weighted by atomic mass is 10.2. The largest absolute Gasteiger partial charge is 0.490 e. The van der Waals surface area contributed by atoms with Gasteiger partial charge in [0, 0.05) is 31.3 Å². The predicted octanol–water partition coefficient (Wildman–Crippen LogP) is 2.48. The van der Waals surface area contributed by atoms with E-state index in [2.05, 4.69) is 5.32 Å². The molecule has 9 heteroatoms. The lowest BCUT2D eigenvalue weighted by molar-refractivity contribution is 0.0991. The smallest absolute Gasteiger partial charge is 0.291 e. The molecule has 1 N–H and O–H groups in total. The van der Waals surface area contributed by atoms with Crippen LogP contribution >= 0.6 is 0 Å². The molecule has 2 aliphatic heterocycles. The second-order valence-electron chi connectivity index (χ2n) is 6.40. The maximum atomic E-state index is 12.5. The number of ether oxygens (including phenoxy) is 2. The fourth-order valence-corrected chi connectivity index (χ4v) is 4.50. The normalized spacial score (nSPS) is 17.5. The molecule has 2 aromatic rings. The Balaban J connectivity index is 1.49. The highest BCUT2D eigenvalue weighted by atomic mass is 32.2. The summed E-state index contributed by atoms with van der Waals surface area (Å²) < 4.78 is 42.8. The lowest BCUT2D eigenvalue weighted by Crippen LogP contribution is -2.27. The van der Waals surface area contributed by atoms with Crippen LogP contribution < -0.4 is 14.8 Å². The van der Waals surface area contributed by atoms with Crippen molar-refractivity contribution < 1.29 is 27.1 Å². The average Bonchev–Trinajstić information content (AvgIpc) is 3.31. The first-order valence-corrected chi connectivity index (χ1v) is 10.3. The molecule has 0 saturated carbocycles. The minimum Gasteiger partial charge on any atom is -0.490 e. The van der Waals surface area contributed by atoms with E-state index >= 15 is 0 Å². The van der Waals surface area contributed by atoms with E-state index in [0.717, 1.165) is 19.3 Å². The molecule has 1 aromatic heterocycles. The number of nitrogens with one attached hydrogen (secondary N) is 1. The first-order chi connectivity index (χ1) is 13.0. The van der Waals surface area contributed by atoms with Gasteiger partial charge in [-0.05, 0) is 37.1 Å². The minimum absolute atomic E-state index is 0.0696. The quantitative estimate of drug-likeness (QED) is 0.858. The highest BCUT2D eigenvalue weighted by Gasteiger charge is 2.30. The summed E-state index contributed by atoms with van der Waals surface area (Å²) in [6.45, 7) is 2.07. The van der Waals surface area contributed by atoms with Gasteiger partial charge in [0.05, 0.1) is 13.2 Å². The number of benzene rings is 1. The highest BCUT2D eigenvalue weighted by Crippen LogP contribution is 2.32. The molecule has 0 atom stereocenters. The maximum Gasteiger partial charge on any atom is 0.291 e. The third kappa shape index (κ3) is 3.65. The molecular weight excluding hydrogens is 372 g/mol. The maximum absolute atomic E-state index is 12.5. The summed E-state index contributed by atoms with van der Waals surface area (Å²) in [6.07, 6.45) is 2.45. The van der Waals surface area contributed by atoms with E-state index in [1.54, 1.807) is 18.2 Å². The molecule has 8 nitrogen and oxygen atoms in total. The summed E-state index contributed by atoms with van der Waals surface area (Å²) in [6, 6.07) is 7.76. The SMILES string of the molecule is O=C(Nc1ccc2c(c1)OCCCO2)c1ccc(S(=O)(=O)N2CCCC2)o1. The Labute approximate surface area is 157 Å². The van der Waals surface area contributed by atoms with Gasteiger partial charge in [0.1, 0.15) is 0 Å². The van der Waals surface area contributed by atoms with Gasteiger partial charge in [0.15, 0.2) is 17.3 Å². The molecule has 1 aromatic carbocycles. The first kappa shape index (κ1) is 17.9. The monoisotopic (exact) mass is 392 g/mol. The van der Waals surface area contributed by atoms with Crippen molar-refractivity contribution >= 4 is 21.6 Å². The van der Waals surface area contributed by atoms with Crippen LogP contribution in [0.2, 0.25) is 0 Å². The standard InChI is InChI=1S/C18H20N2O6S/c21-18(19-13-4-5-14-16(12-13)25-11-3-10-24-14)15-6-7-17(26-15)27(22,23)20-8-1-2-9-20/h4-7,12H,1-3,8-11H2,(H,19,21). The van der Waals surface area contributed by atoms with Crippen LogP contribution in [0.5, 0.6) is 11.5 Å². The molecule has 1 amide bonds. The zero-order valence-corrected chi connectivity index (χ0v) is 15.5. The van der Waals surface area contributed by atoms with Crippen LogP contribution in [-0.4, -0.2) is 44.9 Å². The Bertz CT molecular complexity index is 947. The van der Waals surface area contributed by atoms with E-state index in [0.29, 0.717) is 43.5 Å². The number of rotatable bonds is 4. The number of hydrogen-bond acceptors (Lipinski definition) is 6. The highest BCUT2D eigenvalue weighted by molar-refractivity contribution is 7.89. The summed E-state index contributed by atoms with van der Waals surface area (Å²) in [5, 5.41) is 2.47. The minimum atomic E-state index is -3.69. The summed E-state index contributed by atoms with van der Waals surface area (Å²) in [5.41, 5.74) is 0.504. The molecule has 27 heavy (non-hydrogen) atoms. The first-order valence-electron chi connectivity index (χ1n) is 8.85. The molecule has 4 rings (SSSR count). The molecule has 1 fully saturated rings. The second-order valence-corrected chi connectivity index (χ2v) is 8.26. The molecule has 2 aliphatic rings. The van der Waals surface area contributed by atoms with Crippen molar-refractivity contribution in [3.63, 3.8) is 0 Å². The topological polar surface area (TPSA) is 98.1 Å². The van der Waals surface area contributed by atoms with Gasteiger partial charge >= 0.3 is 0 Å². The van der Waals surface area contributed by atoms with Gasteiger partial charge < -0.3 is 19.2 Å². The number of nitrogens with zero attached hydrogens (tertiary/aromatic N) is 1. The molecule has 3 heterocycles. The van der Waals surface area contributed by atoms with Crippen LogP contribution in [0.4, 0.5) is 5.69 Å². The van der Waals surface area contributed by atoms with E-state index < -0.39 is 15.9 Å². The average molecular weight is 392 g/mol. The lowest BCUT2D eigenvalue weighted by Gasteiger charge is -2.12. The van der Waals surface area contributed by atoms with E-state index in [-0.39, 0.29) is 10.9 Å². The number of carbonyl (C=O) groups is 1. The Hall–Kier alpha value is -2.52. The molecule has 144 valence electrons. The molecule has 0 radical (unpaired) electrons. The fourth-order valence-electron chi connectivity index (χ4n) is 3.07. The van der Waals surface area contributed by atoms with E-state index in [1.807, 2.05) is 0 Å². The number of anilines is 1. The predicted molar refractivity (Wildman–Crippen MR) is 96.7 cm³/mol. The van der Waals surface area contributed by atoms with Crippen LogP contribution in [0.25, 0.3) is 0 Å². The van der Waals surface area contributed by atoms with E-state index in [4.69, 9.17) is 13.9 Å². The number of carbonyl (C=O) groups excluding carboxylic acids is 1. The Morgan fingerprint density at radius 1 is 0.963 bits per heavy atom. The van der Waals surface area contributed by atoms with Gasteiger partial charge in [-0.15, -0.1) is 0 Å². The van der Waals surface area contributed by atoms with Crippen molar-refractivity contribution in [1.29, 1.82) is 0 Å². The van der Waals surface area contributed by atoms with Crippen LogP contribution in [-0.2, 0) is 10.0 Å². The number of fused-ring (bicyclic) bond motifs is 1. The van der Waals surface area contributed by atoms with Gasteiger partial charge in [0.2, 0.25) is 5.09 Å². The molecular formula is C18H20N2O6S. The van der Waals surface area contributed by atoms with Crippen LogP contribution in [0.15, 0.2) is 39.8 Å². The fraction of sp³-hybridized carbons (Fsp3) is 0.389. The summed E-state index contributed by atoms with van der Waals surface area (Å²) in [7, 11) is -3.69. The third-order valence-electron chi connectivity index (χ3n) is 4.47. The van der Waals surface area contributed by atoms with Gasteiger partial charge in [-0.2, -0.15) is 4.31 Å². The molecule has 0 aliphatic carbocycles. The van der Waals surface area contributed by atoms with Crippen molar-refractivity contribution in [3.8, 4) is 11.5 Å². The molecule has 0 unspecified atom stereocenters. The van der Waals surface area contributed by atoms with E-state index in [9.17, 15) is 13.2 Å². The molecule has 0 spiro atoms. The van der Waals surface area contributed by atoms with Gasteiger partial charge in [-0.25, -0.2) is 8.42 Å². The third-order valence-corrected chi connectivity index (χ3v) is 6.24. The van der Waals surface area contributed by atoms with Crippen molar-refractivity contribution in [2.75, 3.05) is 31.6 Å². The van der Waals surface area contributed by atoms with Crippen molar-refractivity contribution in [1.82, 2.24) is 4.31 Å². The van der Waals surface area contributed by atoms with Crippen molar-refractivity contribution in [2.45, 2.75) is 24.4 Å². The number of sulfonamides is 1. The summed E-state index contributed by atoms with van der Waals surface area (Å²) >= 11 is 0. The van der Waals surface area contributed by atoms with E-state index in [1.165, 1.54) is 16.4 Å². The van der Waals surface area contributed by atoms with Crippen LogP contribution in [0, 0.1) is 0 Å². The van der Waals surface area contributed by atoms with Crippen molar-refractivity contribution in [3.05, 3.63) is 36.1 Å². The van der Waals surface area contributed by atoms with Gasteiger partial charge in [-0.3, -0.25) is 4.79 Å². The zero-order chi connectivity index (χ0) is 18.9. The summed E-state index contributed by atoms with van der Waals surface area (Å²) in [5.74, 6) is 0.580. The summed E-state index contributed by atoms with van der Waals surface area (Å²) in [4.78, 5) is 12.4. The number of amides is 1. The zero-order valence-electron chi connectivity index (χ0n) is 14.6. The molecule has 1 saturated heterocycles. The van der Waals surface area contributed by atoms with Crippen LogP contribution in [0.3, 0.4) is 0 Å². The Morgan fingerprint density at radius 3 is 2.48 bits per heavy atom. The Morgan fingerprint density at radius 2 is 1.70 bits per heavy atom. The molecule has 0 bridgehead atoms. The number of hydrogen-bond donors (Lipinski definition) is 1. The second kappa shape index (κ2) is 7.24.